The first-order valence-electron chi connectivity index (χ1n) is 9.61. The van der Waals surface area contributed by atoms with Crippen molar-refractivity contribution in [3.05, 3.63) is 77.0 Å². The van der Waals surface area contributed by atoms with Gasteiger partial charge in [-0.25, -0.2) is 0 Å². The fraction of sp³-hybridized carbons (Fsp3) is 0.174. The zero-order valence-electron chi connectivity index (χ0n) is 17.1. The molecule has 0 fully saturated rings. The van der Waals surface area contributed by atoms with Crippen molar-refractivity contribution in [2.45, 2.75) is 20.4 Å². The highest BCUT2D eigenvalue weighted by molar-refractivity contribution is 6.06. The molecule has 0 aliphatic rings. The van der Waals surface area contributed by atoms with Gasteiger partial charge in [-0.2, -0.15) is 9.97 Å². The molecule has 4 aromatic rings. The number of nitrogens with one attached hydrogen (secondary N) is 1. The van der Waals surface area contributed by atoms with Crippen LogP contribution < -0.4 is 15.8 Å². The molecule has 4 rings (SSSR count). The van der Waals surface area contributed by atoms with Gasteiger partial charge in [0, 0.05) is 23.2 Å². The standard InChI is InChI=1S/C23H23N5O2/c1-14-12-18-17(20(24)29)10-7-11-19(18)28(14)23-26-21(15(2)22(27-23)30-3)25-13-16-8-5-4-6-9-16/h4-12H,13H2,1-3H3,(H2,24,29)(H,25,26,27). The molecule has 0 unspecified atom stereocenters. The fourth-order valence-corrected chi connectivity index (χ4v) is 3.58. The molecule has 2 aromatic heterocycles. The van der Waals surface area contributed by atoms with Gasteiger partial charge < -0.3 is 15.8 Å². The number of carbonyl (C=O) groups is 1. The van der Waals surface area contributed by atoms with Gasteiger partial charge in [-0.05, 0) is 37.6 Å². The molecule has 0 aliphatic carbocycles. The monoisotopic (exact) mass is 401 g/mol. The lowest BCUT2D eigenvalue weighted by atomic mass is 10.1. The van der Waals surface area contributed by atoms with Crippen LogP contribution in [0, 0.1) is 13.8 Å². The van der Waals surface area contributed by atoms with E-state index < -0.39 is 5.91 Å². The molecule has 0 bridgehead atoms. The second kappa shape index (κ2) is 7.87. The summed E-state index contributed by atoms with van der Waals surface area (Å²) < 4.78 is 7.41. The van der Waals surface area contributed by atoms with E-state index >= 15 is 0 Å². The zero-order chi connectivity index (χ0) is 21.3. The molecule has 2 heterocycles. The van der Waals surface area contributed by atoms with E-state index in [4.69, 9.17) is 15.5 Å². The molecule has 7 heteroatoms. The van der Waals surface area contributed by atoms with Crippen LogP contribution in [0.5, 0.6) is 5.88 Å². The Balaban J connectivity index is 1.82. The molecule has 0 saturated heterocycles. The molecule has 152 valence electrons. The summed E-state index contributed by atoms with van der Waals surface area (Å²) in [7, 11) is 1.59. The SMILES string of the molecule is COc1nc(-n2c(C)cc3c(C(N)=O)cccc32)nc(NCc2ccccc2)c1C. The van der Waals surface area contributed by atoms with Crippen molar-refractivity contribution >= 4 is 22.6 Å². The van der Waals surface area contributed by atoms with Crippen LogP contribution in [0.1, 0.15) is 27.2 Å². The third kappa shape index (κ3) is 3.45. The van der Waals surface area contributed by atoms with Crippen LogP contribution in [0.15, 0.2) is 54.6 Å². The molecule has 2 aromatic carbocycles. The summed E-state index contributed by atoms with van der Waals surface area (Å²) in [6.07, 6.45) is 0. The number of methoxy groups -OCH3 is 1. The van der Waals surface area contributed by atoms with Gasteiger partial charge in [0.25, 0.3) is 0 Å². The number of amides is 1. The van der Waals surface area contributed by atoms with Crippen LogP contribution in [0.2, 0.25) is 0 Å². The van der Waals surface area contributed by atoms with Crippen molar-refractivity contribution in [2.75, 3.05) is 12.4 Å². The highest BCUT2D eigenvalue weighted by atomic mass is 16.5. The van der Waals surface area contributed by atoms with Gasteiger partial charge in [-0.1, -0.05) is 36.4 Å². The minimum absolute atomic E-state index is 0.460. The molecular weight excluding hydrogens is 378 g/mol. The summed E-state index contributed by atoms with van der Waals surface area (Å²) in [5.74, 6) is 1.17. The summed E-state index contributed by atoms with van der Waals surface area (Å²) in [6, 6.07) is 17.5. The van der Waals surface area contributed by atoms with E-state index in [9.17, 15) is 4.79 Å². The van der Waals surface area contributed by atoms with E-state index in [1.807, 2.05) is 48.7 Å². The molecule has 0 atom stereocenters. The van der Waals surface area contributed by atoms with E-state index in [1.54, 1.807) is 19.2 Å². The van der Waals surface area contributed by atoms with E-state index in [1.165, 1.54) is 0 Å². The average Bonchev–Trinajstić information content (AvgIpc) is 3.09. The lowest BCUT2D eigenvalue weighted by Crippen LogP contribution is -2.12. The largest absolute Gasteiger partial charge is 0.481 e. The smallest absolute Gasteiger partial charge is 0.249 e. The Morgan fingerprint density at radius 2 is 1.87 bits per heavy atom. The van der Waals surface area contributed by atoms with Crippen molar-refractivity contribution in [2.24, 2.45) is 5.73 Å². The third-order valence-electron chi connectivity index (χ3n) is 5.08. The minimum Gasteiger partial charge on any atom is -0.481 e. The number of rotatable bonds is 6. The molecule has 0 aliphatic heterocycles. The number of anilines is 1. The molecule has 0 spiro atoms. The number of carbonyl (C=O) groups excluding carboxylic acids is 1. The lowest BCUT2D eigenvalue weighted by molar-refractivity contribution is 0.100. The first-order valence-corrected chi connectivity index (χ1v) is 9.61. The zero-order valence-corrected chi connectivity index (χ0v) is 17.1. The molecule has 7 nitrogen and oxygen atoms in total. The Bertz CT molecular complexity index is 1230. The number of nitrogens with zero attached hydrogens (tertiary/aromatic N) is 3. The molecule has 0 radical (unpaired) electrons. The Morgan fingerprint density at radius 1 is 1.10 bits per heavy atom. The van der Waals surface area contributed by atoms with Crippen LogP contribution in [-0.2, 0) is 6.54 Å². The molecule has 1 amide bonds. The van der Waals surface area contributed by atoms with Gasteiger partial charge in [-0.3, -0.25) is 9.36 Å². The van der Waals surface area contributed by atoms with E-state index in [-0.39, 0.29) is 0 Å². The average molecular weight is 401 g/mol. The fourth-order valence-electron chi connectivity index (χ4n) is 3.58. The second-order valence-electron chi connectivity index (χ2n) is 7.07. The van der Waals surface area contributed by atoms with Gasteiger partial charge in [0.2, 0.25) is 17.7 Å². The molecule has 30 heavy (non-hydrogen) atoms. The lowest BCUT2D eigenvalue weighted by Gasteiger charge is -2.15. The summed E-state index contributed by atoms with van der Waals surface area (Å²) in [6.45, 7) is 4.48. The van der Waals surface area contributed by atoms with Crippen molar-refractivity contribution in [1.29, 1.82) is 0 Å². The van der Waals surface area contributed by atoms with E-state index in [2.05, 4.69) is 22.4 Å². The number of hydrogen-bond donors (Lipinski definition) is 2. The summed E-state index contributed by atoms with van der Waals surface area (Å²) >= 11 is 0. The maximum absolute atomic E-state index is 11.8. The van der Waals surface area contributed by atoms with Gasteiger partial charge in [-0.15, -0.1) is 0 Å². The minimum atomic E-state index is -0.467. The number of primary amides is 1. The normalized spacial score (nSPS) is 10.9. The number of hydrogen-bond acceptors (Lipinski definition) is 5. The third-order valence-corrected chi connectivity index (χ3v) is 5.08. The van der Waals surface area contributed by atoms with Gasteiger partial charge in [0.15, 0.2) is 0 Å². The number of aromatic nitrogens is 3. The summed E-state index contributed by atoms with van der Waals surface area (Å²) in [4.78, 5) is 21.2. The second-order valence-corrected chi connectivity index (χ2v) is 7.07. The van der Waals surface area contributed by atoms with Gasteiger partial charge in [0.1, 0.15) is 5.82 Å². The Labute approximate surface area is 174 Å². The number of fused-ring (bicyclic) bond motifs is 1. The van der Waals surface area contributed by atoms with Gasteiger partial charge >= 0.3 is 0 Å². The van der Waals surface area contributed by atoms with Crippen LogP contribution in [0.4, 0.5) is 5.82 Å². The van der Waals surface area contributed by atoms with Crippen molar-refractivity contribution in [3.8, 4) is 11.8 Å². The predicted octanol–water partition coefficient (Wildman–Crippen LogP) is 3.76. The Morgan fingerprint density at radius 3 is 2.57 bits per heavy atom. The van der Waals surface area contributed by atoms with E-state index in [0.717, 1.165) is 27.7 Å². The van der Waals surface area contributed by atoms with Crippen LogP contribution >= 0.6 is 0 Å². The summed E-state index contributed by atoms with van der Waals surface area (Å²) in [5, 5.41) is 4.15. The Hall–Kier alpha value is -3.87. The molecule has 3 N–H and O–H groups in total. The Kier molecular flexibility index (Phi) is 5.10. The topological polar surface area (TPSA) is 95.1 Å². The number of nitrogens with two attached hydrogens (primary N) is 1. The first kappa shape index (κ1) is 19.4. The molecule has 0 saturated carbocycles. The highest BCUT2D eigenvalue weighted by Crippen LogP contribution is 2.29. The first-order chi connectivity index (χ1) is 14.5. The van der Waals surface area contributed by atoms with Crippen LogP contribution in [-0.4, -0.2) is 27.6 Å². The maximum atomic E-state index is 11.8. The van der Waals surface area contributed by atoms with Crippen LogP contribution in [0.25, 0.3) is 16.9 Å². The van der Waals surface area contributed by atoms with Crippen molar-refractivity contribution in [3.63, 3.8) is 0 Å². The number of ether oxygens (including phenoxy) is 1. The summed E-state index contributed by atoms with van der Waals surface area (Å²) in [5.41, 5.74) is 9.68. The van der Waals surface area contributed by atoms with Crippen molar-refractivity contribution < 1.29 is 9.53 Å². The number of aryl methyl sites for hydroxylation is 1. The predicted molar refractivity (Wildman–Crippen MR) is 117 cm³/mol. The maximum Gasteiger partial charge on any atom is 0.249 e. The van der Waals surface area contributed by atoms with Crippen molar-refractivity contribution in [1.82, 2.24) is 14.5 Å². The molecular formula is C23H23N5O2. The van der Waals surface area contributed by atoms with Crippen LogP contribution in [0.3, 0.4) is 0 Å². The quantitative estimate of drug-likeness (QED) is 0.513. The highest BCUT2D eigenvalue weighted by Gasteiger charge is 2.18. The van der Waals surface area contributed by atoms with Gasteiger partial charge in [0.05, 0.1) is 18.2 Å². The van der Waals surface area contributed by atoms with E-state index in [0.29, 0.717) is 29.8 Å². The number of benzene rings is 2.